The molecule has 294 valence electrons. The van der Waals surface area contributed by atoms with E-state index in [9.17, 15) is 19.5 Å². The molecule has 0 aromatic carbocycles. The Balaban J connectivity index is 4.28. The zero-order chi connectivity index (χ0) is 36.8. The normalized spacial score (nSPS) is 12.7. The molecule has 0 aromatic rings. The third kappa shape index (κ3) is 34.6. The molecule has 0 aliphatic carbocycles. The summed E-state index contributed by atoms with van der Waals surface area (Å²) in [6, 6.07) is -0.853. The van der Waals surface area contributed by atoms with E-state index in [-0.39, 0.29) is 18.0 Å². The van der Waals surface area contributed by atoms with Gasteiger partial charge in [0.05, 0.1) is 0 Å². The van der Waals surface area contributed by atoms with Crippen LogP contribution in [0, 0.1) is 0 Å². The first-order valence-electron chi connectivity index (χ1n) is 21.5. The topological polar surface area (TPSA) is 119 Å². The Morgan fingerprint density at radius 2 is 0.980 bits per heavy atom. The van der Waals surface area contributed by atoms with Crippen LogP contribution in [0.1, 0.15) is 226 Å². The van der Waals surface area contributed by atoms with Crippen molar-refractivity contribution in [2.45, 2.75) is 238 Å². The molecule has 0 radical (unpaired) electrons. The van der Waals surface area contributed by atoms with Crippen molar-refractivity contribution in [1.29, 1.82) is 0 Å². The zero-order valence-corrected chi connectivity index (χ0v) is 33.0. The minimum Gasteiger partial charge on any atom is -0.480 e. The third-order valence-electron chi connectivity index (χ3n) is 9.83. The van der Waals surface area contributed by atoms with Crippen LogP contribution in [0.5, 0.6) is 0 Å². The van der Waals surface area contributed by atoms with Gasteiger partial charge in [-0.2, -0.15) is 0 Å². The number of amides is 1. The third-order valence-corrected chi connectivity index (χ3v) is 9.83. The number of carboxylic acid groups (broad SMARTS) is 1. The van der Waals surface area contributed by atoms with Crippen LogP contribution in [0.15, 0.2) is 12.2 Å². The molecule has 0 saturated heterocycles. The minimum atomic E-state index is -1.00. The van der Waals surface area contributed by atoms with Gasteiger partial charge >= 0.3 is 11.9 Å². The average Bonchev–Trinajstić information content (AvgIpc) is 3.10. The fraction of sp³-hybridized carbons (Fsp3) is 0.884. The van der Waals surface area contributed by atoms with E-state index in [0.29, 0.717) is 32.2 Å². The molecule has 4 N–H and O–H groups in total. The van der Waals surface area contributed by atoms with E-state index in [4.69, 9.17) is 10.5 Å². The highest BCUT2D eigenvalue weighted by Crippen LogP contribution is 2.19. The number of nitrogens with one attached hydrogen (secondary N) is 1. The van der Waals surface area contributed by atoms with Crippen LogP contribution in [-0.4, -0.2) is 41.6 Å². The SMILES string of the molecule is CCCCCCC/C=C\CCCCCCCC(=O)OC(CCCCCCCCCCCC)CCCCCCCC(=O)NC(CCCN)C(=O)O. The summed E-state index contributed by atoms with van der Waals surface area (Å²) < 4.78 is 6.03. The molecule has 0 fully saturated rings. The first kappa shape index (κ1) is 48.1. The Bertz CT molecular complexity index is 802. The summed E-state index contributed by atoms with van der Waals surface area (Å²) in [5.74, 6) is -1.23. The number of allylic oxidation sites excluding steroid dienone is 2. The molecular weight excluding hydrogens is 624 g/mol. The number of carbonyl (C=O) groups excluding carboxylic acids is 2. The molecule has 1 amide bonds. The molecule has 0 rings (SSSR count). The monoisotopic (exact) mass is 707 g/mol. The second kappa shape index (κ2) is 38.3. The van der Waals surface area contributed by atoms with Gasteiger partial charge in [-0.05, 0) is 83.6 Å². The molecule has 0 saturated carbocycles. The second-order valence-electron chi connectivity index (χ2n) is 14.8. The summed E-state index contributed by atoms with van der Waals surface area (Å²) in [6.45, 7) is 4.94. The van der Waals surface area contributed by atoms with Gasteiger partial charge in [-0.1, -0.05) is 148 Å². The lowest BCUT2D eigenvalue weighted by atomic mass is 10.0. The van der Waals surface area contributed by atoms with Gasteiger partial charge < -0.3 is 20.9 Å². The number of rotatable bonds is 39. The van der Waals surface area contributed by atoms with Crippen molar-refractivity contribution in [1.82, 2.24) is 5.32 Å². The lowest BCUT2D eigenvalue weighted by molar-refractivity contribution is -0.150. The van der Waals surface area contributed by atoms with E-state index in [1.54, 1.807) is 0 Å². The lowest BCUT2D eigenvalue weighted by Gasteiger charge is -2.18. The van der Waals surface area contributed by atoms with Crippen molar-refractivity contribution in [2.24, 2.45) is 5.73 Å². The van der Waals surface area contributed by atoms with Gasteiger partial charge in [0, 0.05) is 12.8 Å². The van der Waals surface area contributed by atoms with Crippen molar-refractivity contribution in [3.05, 3.63) is 12.2 Å². The first-order valence-corrected chi connectivity index (χ1v) is 21.5. The Morgan fingerprint density at radius 3 is 1.44 bits per heavy atom. The first-order chi connectivity index (χ1) is 24.4. The fourth-order valence-electron chi connectivity index (χ4n) is 6.56. The molecule has 50 heavy (non-hydrogen) atoms. The largest absolute Gasteiger partial charge is 0.480 e. The van der Waals surface area contributed by atoms with Gasteiger partial charge in [0.25, 0.3) is 0 Å². The Labute approximate surface area is 309 Å². The minimum absolute atomic E-state index is 0.0160. The van der Waals surface area contributed by atoms with Crippen LogP contribution in [0.4, 0.5) is 0 Å². The van der Waals surface area contributed by atoms with Crippen LogP contribution < -0.4 is 11.1 Å². The fourth-order valence-corrected chi connectivity index (χ4v) is 6.56. The molecule has 0 spiro atoms. The molecule has 0 heterocycles. The average molecular weight is 707 g/mol. The highest BCUT2D eigenvalue weighted by molar-refractivity contribution is 5.83. The van der Waals surface area contributed by atoms with E-state index < -0.39 is 12.0 Å². The van der Waals surface area contributed by atoms with Crippen LogP contribution >= 0.6 is 0 Å². The van der Waals surface area contributed by atoms with Crippen molar-refractivity contribution >= 4 is 17.8 Å². The van der Waals surface area contributed by atoms with Crippen molar-refractivity contribution < 1.29 is 24.2 Å². The van der Waals surface area contributed by atoms with Gasteiger partial charge in [0.1, 0.15) is 12.1 Å². The molecule has 0 aromatic heterocycles. The number of ether oxygens (including phenoxy) is 1. The Kier molecular flexibility index (Phi) is 36.9. The summed E-state index contributed by atoms with van der Waals surface area (Å²) in [4.78, 5) is 36.3. The Hall–Kier alpha value is -1.89. The Morgan fingerprint density at radius 1 is 0.560 bits per heavy atom. The predicted octanol–water partition coefficient (Wildman–Crippen LogP) is 11.9. The van der Waals surface area contributed by atoms with Crippen molar-refractivity contribution in [2.75, 3.05) is 6.54 Å². The summed E-state index contributed by atoms with van der Waals surface area (Å²) in [6.07, 6.45) is 41.1. The van der Waals surface area contributed by atoms with Gasteiger partial charge in [-0.3, -0.25) is 9.59 Å². The van der Waals surface area contributed by atoms with Crippen LogP contribution in [0.25, 0.3) is 0 Å². The van der Waals surface area contributed by atoms with Gasteiger partial charge in [-0.15, -0.1) is 0 Å². The summed E-state index contributed by atoms with van der Waals surface area (Å²) in [7, 11) is 0. The van der Waals surface area contributed by atoms with E-state index in [0.717, 1.165) is 64.2 Å². The molecular formula is C43H82N2O5. The van der Waals surface area contributed by atoms with Gasteiger partial charge in [0.15, 0.2) is 0 Å². The number of hydrogen-bond donors (Lipinski definition) is 3. The maximum absolute atomic E-state index is 12.8. The summed E-state index contributed by atoms with van der Waals surface area (Å²) in [5.41, 5.74) is 5.48. The number of hydrogen-bond acceptors (Lipinski definition) is 5. The summed E-state index contributed by atoms with van der Waals surface area (Å²) >= 11 is 0. The van der Waals surface area contributed by atoms with E-state index in [2.05, 4.69) is 31.3 Å². The molecule has 2 unspecified atom stereocenters. The number of nitrogens with two attached hydrogens (primary N) is 1. The van der Waals surface area contributed by atoms with Crippen LogP contribution in [0.2, 0.25) is 0 Å². The second-order valence-corrected chi connectivity index (χ2v) is 14.8. The highest BCUT2D eigenvalue weighted by atomic mass is 16.5. The molecule has 0 bridgehead atoms. The molecule has 7 nitrogen and oxygen atoms in total. The molecule has 0 aliphatic heterocycles. The maximum Gasteiger partial charge on any atom is 0.326 e. The number of esters is 1. The smallest absolute Gasteiger partial charge is 0.326 e. The number of carbonyl (C=O) groups is 3. The van der Waals surface area contributed by atoms with Crippen LogP contribution in [-0.2, 0) is 19.1 Å². The number of unbranched alkanes of at least 4 members (excludes halogenated alkanes) is 23. The number of carboxylic acids is 1. The van der Waals surface area contributed by atoms with Crippen molar-refractivity contribution in [3.63, 3.8) is 0 Å². The van der Waals surface area contributed by atoms with E-state index in [1.165, 1.54) is 122 Å². The molecule has 0 aliphatic rings. The van der Waals surface area contributed by atoms with Crippen LogP contribution in [0.3, 0.4) is 0 Å². The summed E-state index contributed by atoms with van der Waals surface area (Å²) in [5, 5.41) is 11.9. The molecule has 7 heteroatoms. The highest BCUT2D eigenvalue weighted by Gasteiger charge is 2.19. The van der Waals surface area contributed by atoms with E-state index >= 15 is 0 Å². The quantitative estimate of drug-likeness (QED) is 0.0332. The van der Waals surface area contributed by atoms with Gasteiger partial charge in [-0.25, -0.2) is 4.79 Å². The predicted molar refractivity (Wildman–Crippen MR) is 211 cm³/mol. The standard InChI is InChI=1S/C43H82N2O5/c1-3-5-7-9-11-13-15-16-17-18-20-22-27-31-37-42(47)50-39(33-28-24-21-19-14-12-10-8-6-4-2)34-29-25-23-26-30-36-41(46)45-40(43(48)49)35-32-38-44/h15-16,39-40H,3-14,17-38,44H2,1-2H3,(H,45,46)(H,48,49)/b16-15-. The van der Waals surface area contributed by atoms with Crippen molar-refractivity contribution in [3.8, 4) is 0 Å². The van der Waals surface area contributed by atoms with Gasteiger partial charge in [0.2, 0.25) is 5.91 Å². The van der Waals surface area contributed by atoms with E-state index in [1.807, 2.05) is 0 Å². The molecule has 2 atom stereocenters. The maximum atomic E-state index is 12.8. The zero-order valence-electron chi connectivity index (χ0n) is 33.0. The number of aliphatic carboxylic acids is 1. The lowest BCUT2D eigenvalue weighted by Crippen LogP contribution is -2.40.